The van der Waals surface area contributed by atoms with Crippen molar-refractivity contribution in [3.63, 3.8) is 0 Å². The van der Waals surface area contributed by atoms with Crippen molar-refractivity contribution in [3.05, 3.63) is 102 Å². The molecule has 2 amide bonds. The van der Waals surface area contributed by atoms with Crippen LogP contribution in [-0.4, -0.2) is 29.8 Å². The van der Waals surface area contributed by atoms with Crippen molar-refractivity contribution in [3.8, 4) is 0 Å². The van der Waals surface area contributed by atoms with Crippen molar-refractivity contribution in [2.45, 2.75) is 18.8 Å². The fourth-order valence-corrected chi connectivity index (χ4v) is 3.81. The highest BCUT2D eigenvalue weighted by Gasteiger charge is 2.24. The molecule has 1 aliphatic rings. The van der Waals surface area contributed by atoms with Crippen LogP contribution in [-0.2, 0) is 0 Å². The maximum Gasteiger partial charge on any atom is 0.255 e. The van der Waals surface area contributed by atoms with E-state index < -0.39 is 0 Å². The number of nitrogens with one attached hydrogen (secondary N) is 1. The maximum absolute atomic E-state index is 12.8. The SMILES string of the molecule is O=C(Nc1ccc(C(=O)N2CCC(c3ccccc3)CC2)cc1)c1ccccc1. The van der Waals surface area contributed by atoms with Gasteiger partial charge in [-0.2, -0.15) is 0 Å². The van der Waals surface area contributed by atoms with E-state index in [-0.39, 0.29) is 11.8 Å². The Morgan fingerprint density at radius 1 is 0.724 bits per heavy atom. The molecule has 0 aliphatic carbocycles. The van der Waals surface area contributed by atoms with Crippen LogP contribution in [0.5, 0.6) is 0 Å². The first-order valence-corrected chi connectivity index (χ1v) is 10.0. The molecule has 0 unspecified atom stereocenters. The molecule has 0 atom stereocenters. The predicted octanol–water partition coefficient (Wildman–Crippen LogP) is 4.96. The second kappa shape index (κ2) is 8.74. The van der Waals surface area contributed by atoms with E-state index in [4.69, 9.17) is 0 Å². The van der Waals surface area contributed by atoms with Gasteiger partial charge in [0.05, 0.1) is 0 Å². The summed E-state index contributed by atoms with van der Waals surface area (Å²) in [6.45, 7) is 1.54. The highest BCUT2D eigenvalue weighted by Crippen LogP contribution is 2.28. The number of piperidine rings is 1. The van der Waals surface area contributed by atoms with Crippen molar-refractivity contribution in [2.75, 3.05) is 18.4 Å². The molecule has 1 N–H and O–H groups in total. The summed E-state index contributed by atoms with van der Waals surface area (Å²) in [5.74, 6) is 0.418. The first-order valence-electron chi connectivity index (χ1n) is 10.0. The van der Waals surface area contributed by atoms with Crippen molar-refractivity contribution in [1.29, 1.82) is 0 Å². The lowest BCUT2D eigenvalue weighted by molar-refractivity contribution is 0.0713. The largest absolute Gasteiger partial charge is 0.339 e. The summed E-state index contributed by atoms with van der Waals surface area (Å²) in [5.41, 5.74) is 3.30. The summed E-state index contributed by atoms with van der Waals surface area (Å²) in [4.78, 5) is 27.0. The maximum atomic E-state index is 12.8. The van der Waals surface area contributed by atoms with Crippen molar-refractivity contribution in [1.82, 2.24) is 4.90 Å². The van der Waals surface area contributed by atoms with Gasteiger partial charge >= 0.3 is 0 Å². The summed E-state index contributed by atoms with van der Waals surface area (Å²) in [6, 6.07) is 26.7. The topological polar surface area (TPSA) is 49.4 Å². The van der Waals surface area contributed by atoms with Gasteiger partial charge in [-0.1, -0.05) is 48.5 Å². The number of benzene rings is 3. The standard InChI is InChI=1S/C25H24N2O2/c28-24(21-9-5-2-6-10-21)26-23-13-11-22(12-14-23)25(29)27-17-15-20(16-18-27)19-7-3-1-4-8-19/h1-14,20H,15-18H2,(H,26,28). The van der Waals surface area contributed by atoms with Gasteiger partial charge in [0, 0.05) is 29.9 Å². The molecule has 3 aromatic carbocycles. The molecule has 4 nitrogen and oxygen atoms in total. The third kappa shape index (κ3) is 4.54. The van der Waals surface area contributed by atoms with Gasteiger partial charge < -0.3 is 10.2 Å². The number of hydrogen-bond donors (Lipinski definition) is 1. The zero-order chi connectivity index (χ0) is 20.1. The van der Waals surface area contributed by atoms with Gasteiger partial charge in [-0.15, -0.1) is 0 Å². The number of amides is 2. The Morgan fingerprint density at radius 3 is 1.93 bits per heavy atom. The normalized spacial score (nSPS) is 14.4. The molecule has 4 rings (SSSR count). The smallest absolute Gasteiger partial charge is 0.255 e. The van der Waals surface area contributed by atoms with Crippen molar-refractivity contribution in [2.24, 2.45) is 0 Å². The number of anilines is 1. The predicted molar refractivity (Wildman–Crippen MR) is 115 cm³/mol. The second-order valence-electron chi connectivity index (χ2n) is 7.37. The van der Waals surface area contributed by atoms with Crippen molar-refractivity contribution >= 4 is 17.5 Å². The minimum absolute atomic E-state index is 0.0532. The molecule has 1 heterocycles. The van der Waals surface area contributed by atoms with E-state index in [0.717, 1.165) is 25.9 Å². The van der Waals surface area contributed by atoms with E-state index in [1.807, 2.05) is 29.2 Å². The van der Waals surface area contributed by atoms with Crippen LogP contribution in [0.3, 0.4) is 0 Å². The van der Waals surface area contributed by atoms with Crippen LogP contribution in [0.15, 0.2) is 84.9 Å². The zero-order valence-corrected chi connectivity index (χ0v) is 16.3. The molecule has 0 bridgehead atoms. The summed E-state index contributed by atoms with van der Waals surface area (Å²) in [7, 11) is 0. The molecule has 29 heavy (non-hydrogen) atoms. The van der Waals surface area contributed by atoms with Crippen LogP contribution in [0, 0.1) is 0 Å². The van der Waals surface area contributed by atoms with Gasteiger partial charge in [-0.05, 0) is 60.7 Å². The Hall–Kier alpha value is -3.40. The first kappa shape index (κ1) is 18.9. The summed E-state index contributed by atoms with van der Waals surface area (Å²) in [6.07, 6.45) is 1.97. The van der Waals surface area contributed by atoms with Gasteiger partial charge in [0.1, 0.15) is 0 Å². The highest BCUT2D eigenvalue weighted by molar-refractivity contribution is 6.04. The number of nitrogens with zero attached hydrogens (tertiary/aromatic N) is 1. The number of rotatable bonds is 4. The quantitative estimate of drug-likeness (QED) is 0.691. The molecule has 0 spiro atoms. The molecule has 1 saturated heterocycles. The molecule has 0 saturated carbocycles. The Kier molecular flexibility index (Phi) is 5.71. The van der Waals surface area contributed by atoms with E-state index in [2.05, 4.69) is 29.6 Å². The molecular weight excluding hydrogens is 360 g/mol. The van der Waals surface area contributed by atoms with E-state index >= 15 is 0 Å². The Labute approximate surface area is 171 Å². The Morgan fingerprint density at radius 2 is 1.31 bits per heavy atom. The third-order valence-electron chi connectivity index (χ3n) is 5.48. The van der Waals surface area contributed by atoms with Crippen LogP contribution in [0.2, 0.25) is 0 Å². The summed E-state index contributed by atoms with van der Waals surface area (Å²) < 4.78 is 0. The average molecular weight is 384 g/mol. The molecule has 1 aliphatic heterocycles. The van der Waals surface area contributed by atoms with Crippen molar-refractivity contribution < 1.29 is 9.59 Å². The van der Waals surface area contributed by atoms with Gasteiger partial charge in [-0.3, -0.25) is 9.59 Å². The molecule has 0 aromatic heterocycles. The van der Waals surface area contributed by atoms with E-state index in [1.54, 1.807) is 36.4 Å². The summed E-state index contributed by atoms with van der Waals surface area (Å²) in [5, 5.41) is 2.86. The lowest BCUT2D eigenvalue weighted by atomic mass is 9.89. The minimum Gasteiger partial charge on any atom is -0.339 e. The second-order valence-corrected chi connectivity index (χ2v) is 7.37. The van der Waals surface area contributed by atoms with E-state index in [0.29, 0.717) is 22.7 Å². The molecule has 1 fully saturated rings. The third-order valence-corrected chi connectivity index (χ3v) is 5.48. The van der Waals surface area contributed by atoms with Crippen LogP contribution in [0.4, 0.5) is 5.69 Å². The lowest BCUT2D eigenvalue weighted by Crippen LogP contribution is -2.37. The fraction of sp³-hybridized carbons (Fsp3) is 0.200. The van der Waals surface area contributed by atoms with Crippen LogP contribution in [0.1, 0.15) is 45.0 Å². The minimum atomic E-state index is -0.160. The number of carbonyl (C=O) groups excluding carboxylic acids is 2. The van der Waals surface area contributed by atoms with E-state index in [9.17, 15) is 9.59 Å². The van der Waals surface area contributed by atoms with Gasteiger partial charge in [0.15, 0.2) is 0 Å². The molecule has 146 valence electrons. The Balaban J connectivity index is 1.34. The lowest BCUT2D eigenvalue weighted by Gasteiger charge is -2.32. The van der Waals surface area contributed by atoms with E-state index in [1.165, 1.54) is 5.56 Å². The van der Waals surface area contributed by atoms with Crippen LogP contribution < -0.4 is 5.32 Å². The zero-order valence-electron chi connectivity index (χ0n) is 16.3. The molecular formula is C25H24N2O2. The van der Waals surface area contributed by atoms with Gasteiger partial charge in [0.25, 0.3) is 11.8 Å². The van der Waals surface area contributed by atoms with Gasteiger partial charge in [-0.25, -0.2) is 0 Å². The summed E-state index contributed by atoms with van der Waals surface area (Å²) >= 11 is 0. The average Bonchev–Trinajstić information content (AvgIpc) is 2.80. The van der Waals surface area contributed by atoms with Crippen LogP contribution in [0.25, 0.3) is 0 Å². The van der Waals surface area contributed by atoms with Crippen LogP contribution >= 0.6 is 0 Å². The first-order chi connectivity index (χ1) is 14.2. The molecule has 0 radical (unpaired) electrons. The number of likely N-dealkylation sites (tertiary alicyclic amines) is 1. The number of carbonyl (C=O) groups is 2. The highest BCUT2D eigenvalue weighted by atomic mass is 16.2. The number of hydrogen-bond acceptors (Lipinski definition) is 2. The van der Waals surface area contributed by atoms with Gasteiger partial charge in [0.2, 0.25) is 0 Å². The fourth-order valence-electron chi connectivity index (χ4n) is 3.81. The molecule has 4 heteroatoms. The Bertz CT molecular complexity index is 961. The molecule has 3 aromatic rings. The monoisotopic (exact) mass is 384 g/mol.